The van der Waals surface area contributed by atoms with Gasteiger partial charge in [-0.3, -0.25) is 37.3 Å². The largest absolute Gasteiger partial charge is 0.472 e. The van der Waals surface area contributed by atoms with Gasteiger partial charge in [0.25, 0.3) is 0 Å². The zero-order chi connectivity index (χ0) is 71.6. The maximum atomic E-state index is 13.1. The Morgan fingerprint density at radius 3 is 0.784 bits per heavy atom. The Kier molecular flexibility index (Phi) is 67.1. The number of phosphoric acid groups is 2. The average molecular weight is 1420 g/mol. The number of hydrogen-bond acceptors (Lipinski definition) is 15. The van der Waals surface area contributed by atoms with E-state index in [1.54, 1.807) is 0 Å². The number of unbranched alkanes of at least 4 members (excludes halogenated alkanes) is 43. The van der Waals surface area contributed by atoms with E-state index in [0.29, 0.717) is 25.7 Å². The molecule has 0 spiro atoms. The number of esters is 4. The first-order valence-corrected chi connectivity index (χ1v) is 43.4. The van der Waals surface area contributed by atoms with Crippen LogP contribution in [0.15, 0.2) is 0 Å². The van der Waals surface area contributed by atoms with Gasteiger partial charge in [-0.1, -0.05) is 350 Å². The van der Waals surface area contributed by atoms with Gasteiger partial charge in [-0.05, 0) is 43.4 Å². The summed E-state index contributed by atoms with van der Waals surface area (Å²) < 4.78 is 68.6. The third-order valence-corrected chi connectivity index (χ3v) is 20.4. The topological polar surface area (TPSA) is 237 Å². The van der Waals surface area contributed by atoms with Gasteiger partial charge in [0.1, 0.15) is 19.3 Å². The van der Waals surface area contributed by atoms with Crippen LogP contribution in [0, 0.1) is 17.8 Å². The van der Waals surface area contributed by atoms with E-state index in [9.17, 15) is 43.2 Å². The first-order chi connectivity index (χ1) is 46.8. The summed E-state index contributed by atoms with van der Waals surface area (Å²) >= 11 is 0. The second kappa shape index (κ2) is 68.5. The van der Waals surface area contributed by atoms with E-state index < -0.39 is 97.5 Å². The Morgan fingerprint density at radius 2 is 0.526 bits per heavy atom. The van der Waals surface area contributed by atoms with E-state index in [4.69, 9.17) is 37.0 Å². The zero-order valence-corrected chi connectivity index (χ0v) is 65.3. The molecule has 0 heterocycles. The van der Waals surface area contributed by atoms with Crippen molar-refractivity contribution >= 4 is 39.5 Å². The van der Waals surface area contributed by atoms with Gasteiger partial charge in [0.2, 0.25) is 0 Å². The van der Waals surface area contributed by atoms with Crippen LogP contribution in [-0.2, 0) is 65.4 Å². The second-order valence-electron chi connectivity index (χ2n) is 29.3. The molecule has 97 heavy (non-hydrogen) atoms. The summed E-state index contributed by atoms with van der Waals surface area (Å²) in [5.74, 6) is 0.162. The highest BCUT2D eigenvalue weighted by molar-refractivity contribution is 7.47. The van der Waals surface area contributed by atoms with E-state index >= 15 is 0 Å². The molecule has 6 atom stereocenters. The predicted octanol–water partition coefficient (Wildman–Crippen LogP) is 23.0. The molecule has 19 heteroatoms. The van der Waals surface area contributed by atoms with Crippen molar-refractivity contribution in [1.29, 1.82) is 0 Å². The molecule has 0 aromatic carbocycles. The fraction of sp³-hybridized carbons (Fsp3) is 0.949. The molecule has 0 fully saturated rings. The summed E-state index contributed by atoms with van der Waals surface area (Å²) in [5, 5.41) is 10.6. The summed E-state index contributed by atoms with van der Waals surface area (Å²) in [5.41, 5.74) is 0. The lowest BCUT2D eigenvalue weighted by Crippen LogP contribution is -2.30. The molecule has 0 aliphatic heterocycles. The van der Waals surface area contributed by atoms with Crippen LogP contribution < -0.4 is 0 Å². The van der Waals surface area contributed by atoms with Gasteiger partial charge in [-0.2, -0.15) is 0 Å². The van der Waals surface area contributed by atoms with Gasteiger partial charge < -0.3 is 33.8 Å². The summed E-state index contributed by atoms with van der Waals surface area (Å²) in [7, 11) is -9.92. The standard InChI is InChI=1S/C78H152O17P2/c1-8-10-11-12-13-14-15-16-17-18-19-20-21-28-33-38-47-54-61-77(82)94-73(65-88-75(80)59-52-45-37-32-27-23-22-25-30-35-42-49-56-69(3)4)67-92-96(84,85)90-63-72(79)64-91-97(86,87)93-68-74(66-89-76(81)60-53-46-41-40-44-51-58-71(7)9-2)95-78(83)62-55-48-39-34-29-24-26-31-36-43-50-57-70(5)6/h69-74,79H,8-68H2,1-7H3,(H,84,85)(H,86,87)/t71?,72-,73-,74-/m1/s1. The molecule has 3 N–H and O–H groups in total. The molecule has 0 amide bonds. The highest BCUT2D eigenvalue weighted by Crippen LogP contribution is 2.45. The van der Waals surface area contributed by atoms with Crippen molar-refractivity contribution in [2.75, 3.05) is 39.6 Å². The molecule has 0 saturated heterocycles. The molecule has 0 aliphatic carbocycles. The lowest BCUT2D eigenvalue weighted by Gasteiger charge is -2.21. The van der Waals surface area contributed by atoms with E-state index in [1.165, 1.54) is 205 Å². The van der Waals surface area contributed by atoms with Gasteiger partial charge in [-0.15, -0.1) is 0 Å². The molecule has 0 bridgehead atoms. The third kappa shape index (κ3) is 70.9. The molecular weight excluding hydrogens is 1270 g/mol. The van der Waals surface area contributed by atoms with Crippen LogP contribution in [0.1, 0.15) is 402 Å². The lowest BCUT2D eigenvalue weighted by atomic mass is 10.00. The van der Waals surface area contributed by atoms with Gasteiger partial charge in [0, 0.05) is 25.7 Å². The van der Waals surface area contributed by atoms with Crippen LogP contribution in [0.25, 0.3) is 0 Å². The third-order valence-electron chi connectivity index (χ3n) is 18.5. The lowest BCUT2D eigenvalue weighted by molar-refractivity contribution is -0.161. The van der Waals surface area contributed by atoms with Crippen LogP contribution in [0.3, 0.4) is 0 Å². The fourth-order valence-electron chi connectivity index (χ4n) is 11.9. The minimum absolute atomic E-state index is 0.105. The Bertz CT molecular complexity index is 1890. The van der Waals surface area contributed by atoms with E-state index in [2.05, 4.69) is 48.5 Å². The van der Waals surface area contributed by atoms with E-state index in [0.717, 1.165) is 114 Å². The maximum Gasteiger partial charge on any atom is 0.472 e. The smallest absolute Gasteiger partial charge is 0.462 e. The molecule has 0 aliphatic rings. The van der Waals surface area contributed by atoms with Gasteiger partial charge in [0.15, 0.2) is 12.2 Å². The Labute approximate surface area is 594 Å². The Hall–Kier alpha value is -1.94. The molecule has 0 saturated carbocycles. The van der Waals surface area contributed by atoms with Gasteiger partial charge in [0.05, 0.1) is 26.4 Å². The minimum Gasteiger partial charge on any atom is -0.462 e. The van der Waals surface area contributed by atoms with Crippen molar-refractivity contribution in [2.24, 2.45) is 17.8 Å². The normalized spacial score (nSPS) is 14.3. The molecule has 0 radical (unpaired) electrons. The molecule has 0 aromatic rings. The van der Waals surface area contributed by atoms with E-state index in [1.807, 2.05) is 0 Å². The quantitative estimate of drug-likeness (QED) is 0.0222. The van der Waals surface area contributed by atoms with Crippen LogP contribution in [0.5, 0.6) is 0 Å². The number of hydrogen-bond donors (Lipinski definition) is 3. The minimum atomic E-state index is -4.96. The maximum absolute atomic E-state index is 13.1. The molecule has 17 nitrogen and oxygen atoms in total. The van der Waals surface area contributed by atoms with Crippen molar-refractivity contribution in [2.45, 2.75) is 420 Å². The van der Waals surface area contributed by atoms with Crippen molar-refractivity contribution < 1.29 is 80.2 Å². The number of carbonyl (C=O) groups excluding carboxylic acids is 4. The van der Waals surface area contributed by atoms with Crippen molar-refractivity contribution in [3.05, 3.63) is 0 Å². The Morgan fingerprint density at radius 1 is 0.299 bits per heavy atom. The van der Waals surface area contributed by atoms with Crippen molar-refractivity contribution in [3.8, 4) is 0 Å². The Balaban J connectivity index is 5.25. The fourth-order valence-corrected chi connectivity index (χ4v) is 13.5. The summed E-state index contributed by atoms with van der Waals surface area (Å²) in [6, 6.07) is 0. The predicted molar refractivity (Wildman–Crippen MR) is 395 cm³/mol. The number of aliphatic hydroxyl groups is 1. The van der Waals surface area contributed by atoms with Crippen LogP contribution >= 0.6 is 15.6 Å². The van der Waals surface area contributed by atoms with Crippen LogP contribution in [-0.4, -0.2) is 96.7 Å². The average Bonchev–Trinajstić information content (AvgIpc) is 1.02. The summed E-state index contributed by atoms with van der Waals surface area (Å²) in [6.07, 6.45) is 55.5. The monoisotopic (exact) mass is 1420 g/mol. The summed E-state index contributed by atoms with van der Waals surface area (Å²) in [4.78, 5) is 72.9. The summed E-state index contributed by atoms with van der Waals surface area (Å²) in [6.45, 7) is 11.9. The SMILES string of the molecule is CCCCCCCCCCCCCCCCCCCCC(=O)O[C@H](COC(=O)CCCCCCCCCCCCCCC(C)C)COP(=O)(O)OC[C@@H](O)COP(=O)(O)OC[C@@H](COC(=O)CCCCCCCCC(C)CC)OC(=O)CCCCCCCCCCCCCC(C)C. The number of carbonyl (C=O) groups is 4. The highest BCUT2D eigenvalue weighted by atomic mass is 31.2. The molecular formula is C78H152O17P2. The first kappa shape index (κ1) is 95.1. The molecule has 0 aromatic heterocycles. The number of rotatable bonds is 76. The van der Waals surface area contributed by atoms with Crippen molar-refractivity contribution in [3.63, 3.8) is 0 Å². The van der Waals surface area contributed by atoms with Crippen LogP contribution in [0.2, 0.25) is 0 Å². The molecule has 576 valence electrons. The zero-order valence-electron chi connectivity index (χ0n) is 63.5. The molecule has 0 rings (SSSR count). The number of phosphoric ester groups is 2. The molecule has 3 unspecified atom stereocenters. The number of aliphatic hydroxyl groups excluding tert-OH is 1. The van der Waals surface area contributed by atoms with Crippen molar-refractivity contribution in [1.82, 2.24) is 0 Å². The second-order valence-corrected chi connectivity index (χ2v) is 32.2. The highest BCUT2D eigenvalue weighted by Gasteiger charge is 2.30. The first-order valence-electron chi connectivity index (χ1n) is 40.4. The van der Waals surface area contributed by atoms with E-state index in [-0.39, 0.29) is 25.7 Å². The van der Waals surface area contributed by atoms with Gasteiger partial charge >= 0.3 is 39.5 Å². The number of ether oxygens (including phenoxy) is 4. The van der Waals surface area contributed by atoms with Gasteiger partial charge in [-0.25, -0.2) is 9.13 Å². The van der Waals surface area contributed by atoms with Crippen LogP contribution in [0.4, 0.5) is 0 Å².